The molecule has 1 amide bonds. The average molecular weight is 520 g/mol. The van der Waals surface area contributed by atoms with Crippen molar-refractivity contribution in [2.75, 3.05) is 31.2 Å². The number of rotatable bonds is 6. The Labute approximate surface area is 224 Å². The molecule has 8 heteroatoms. The molecule has 1 saturated heterocycles. The highest BCUT2D eigenvalue weighted by Gasteiger charge is 2.19. The molecule has 6 rings (SSSR count). The van der Waals surface area contributed by atoms with Crippen LogP contribution >= 0.6 is 11.3 Å². The minimum Gasteiger partial charge on any atom is -0.378 e. The van der Waals surface area contributed by atoms with Crippen LogP contribution in [-0.4, -0.2) is 48.4 Å². The van der Waals surface area contributed by atoms with E-state index in [1.807, 2.05) is 91.0 Å². The van der Waals surface area contributed by atoms with Gasteiger partial charge in [0.05, 0.1) is 46.8 Å². The number of nitrogens with zero attached hydrogens (tertiary/aromatic N) is 4. The van der Waals surface area contributed by atoms with Crippen LogP contribution in [0, 0.1) is 0 Å². The smallest absolute Gasteiger partial charge is 0.272 e. The third-order valence-electron chi connectivity index (χ3n) is 6.35. The number of anilines is 1. The van der Waals surface area contributed by atoms with Crippen LogP contribution in [0.5, 0.6) is 0 Å². The van der Waals surface area contributed by atoms with Crippen LogP contribution in [0.25, 0.3) is 33.4 Å². The van der Waals surface area contributed by atoms with Crippen molar-refractivity contribution in [3.63, 3.8) is 0 Å². The number of amides is 1. The Bertz CT molecular complexity index is 1600. The van der Waals surface area contributed by atoms with Gasteiger partial charge in [-0.15, -0.1) is 0 Å². The van der Waals surface area contributed by atoms with Gasteiger partial charge in [0.2, 0.25) is 0 Å². The quantitative estimate of drug-likeness (QED) is 0.233. The number of aromatic nitrogens is 2. The number of carbonyl (C=O) groups is 1. The van der Waals surface area contributed by atoms with E-state index in [9.17, 15) is 4.79 Å². The topological polar surface area (TPSA) is 79.7 Å². The molecule has 0 radical (unpaired) electrons. The first-order valence-corrected chi connectivity index (χ1v) is 13.3. The number of fused-ring (bicyclic) bond motifs is 1. The van der Waals surface area contributed by atoms with Crippen molar-refractivity contribution >= 4 is 39.5 Å². The van der Waals surface area contributed by atoms with Crippen molar-refractivity contribution in [2.45, 2.75) is 0 Å². The average Bonchev–Trinajstić information content (AvgIpc) is 3.42. The summed E-state index contributed by atoms with van der Waals surface area (Å²) < 4.78 is 5.50. The Kier molecular flexibility index (Phi) is 6.89. The summed E-state index contributed by atoms with van der Waals surface area (Å²) in [6, 6.07) is 29.3. The SMILES string of the molecule is O=C(N/N=C/c1sc(N2CCOCC2)nc1-c1ccccc1)c1cc(-c2ccccc2)nc2ccccc12. The second-order valence-corrected chi connectivity index (χ2v) is 9.82. The fourth-order valence-corrected chi connectivity index (χ4v) is 5.44. The first-order chi connectivity index (χ1) is 18.8. The standard InChI is InChI=1S/C30H25N5O2S/c36-29(24-19-26(21-9-3-1-4-10-21)32-25-14-8-7-13-23(24)25)34-31-20-27-28(22-11-5-2-6-12-22)33-30(38-27)35-15-17-37-18-16-35/h1-14,19-20H,15-18H2,(H,34,36)/b31-20+. The Morgan fingerprint density at radius 3 is 2.34 bits per heavy atom. The molecular formula is C30H25N5O2S. The van der Waals surface area contributed by atoms with Crippen LogP contribution in [0.4, 0.5) is 5.13 Å². The molecule has 7 nitrogen and oxygen atoms in total. The molecule has 38 heavy (non-hydrogen) atoms. The minimum absolute atomic E-state index is 0.295. The summed E-state index contributed by atoms with van der Waals surface area (Å²) >= 11 is 1.56. The van der Waals surface area contributed by atoms with Crippen LogP contribution in [0.2, 0.25) is 0 Å². The lowest BCUT2D eigenvalue weighted by molar-refractivity contribution is 0.0956. The van der Waals surface area contributed by atoms with Gasteiger partial charge < -0.3 is 9.64 Å². The third-order valence-corrected chi connectivity index (χ3v) is 7.40. The van der Waals surface area contributed by atoms with Gasteiger partial charge in [0.1, 0.15) is 0 Å². The molecule has 188 valence electrons. The number of nitrogens with one attached hydrogen (secondary N) is 1. The van der Waals surface area contributed by atoms with Crippen LogP contribution in [0.15, 0.2) is 96.1 Å². The van der Waals surface area contributed by atoms with Gasteiger partial charge in [-0.3, -0.25) is 4.79 Å². The van der Waals surface area contributed by atoms with Crippen LogP contribution < -0.4 is 10.3 Å². The maximum atomic E-state index is 13.4. The van der Waals surface area contributed by atoms with Crippen molar-refractivity contribution in [1.29, 1.82) is 0 Å². The zero-order chi connectivity index (χ0) is 25.7. The molecule has 3 aromatic carbocycles. The molecule has 1 N–H and O–H groups in total. The van der Waals surface area contributed by atoms with E-state index in [1.165, 1.54) is 0 Å². The largest absolute Gasteiger partial charge is 0.378 e. The number of thiazole rings is 1. The molecule has 1 aliphatic heterocycles. The van der Waals surface area contributed by atoms with Gasteiger partial charge in [-0.1, -0.05) is 90.2 Å². The van der Waals surface area contributed by atoms with E-state index in [-0.39, 0.29) is 5.91 Å². The molecule has 3 heterocycles. The van der Waals surface area contributed by atoms with Gasteiger partial charge in [-0.25, -0.2) is 15.4 Å². The van der Waals surface area contributed by atoms with Crippen molar-refractivity contribution in [2.24, 2.45) is 5.10 Å². The zero-order valence-corrected chi connectivity index (χ0v) is 21.4. The van der Waals surface area contributed by atoms with Gasteiger partial charge in [-0.05, 0) is 12.1 Å². The minimum atomic E-state index is -0.295. The highest BCUT2D eigenvalue weighted by atomic mass is 32.1. The molecule has 0 aliphatic carbocycles. The Hall–Kier alpha value is -4.40. The molecule has 0 bridgehead atoms. The molecule has 1 aliphatic rings. The molecule has 5 aromatic rings. The third kappa shape index (κ3) is 5.04. The van der Waals surface area contributed by atoms with Gasteiger partial charge in [-0.2, -0.15) is 5.10 Å². The summed E-state index contributed by atoms with van der Waals surface area (Å²) in [7, 11) is 0. The van der Waals surface area contributed by atoms with E-state index in [2.05, 4.69) is 15.4 Å². The number of ether oxygens (including phenoxy) is 1. The van der Waals surface area contributed by atoms with Crippen molar-refractivity contribution in [1.82, 2.24) is 15.4 Å². The number of hydrogen-bond acceptors (Lipinski definition) is 7. The van der Waals surface area contributed by atoms with Crippen molar-refractivity contribution < 1.29 is 9.53 Å². The van der Waals surface area contributed by atoms with E-state index in [0.717, 1.165) is 56.5 Å². The van der Waals surface area contributed by atoms with Crippen LogP contribution in [0.3, 0.4) is 0 Å². The highest BCUT2D eigenvalue weighted by Crippen LogP contribution is 2.32. The molecular weight excluding hydrogens is 494 g/mol. The molecule has 0 spiro atoms. The first-order valence-electron chi connectivity index (χ1n) is 12.4. The Morgan fingerprint density at radius 2 is 1.58 bits per heavy atom. The van der Waals surface area contributed by atoms with E-state index >= 15 is 0 Å². The monoisotopic (exact) mass is 519 g/mol. The summed E-state index contributed by atoms with van der Waals surface area (Å²) in [5.74, 6) is -0.295. The zero-order valence-electron chi connectivity index (χ0n) is 20.6. The van der Waals surface area contributed by atoms with Gasteiger partial charge in [0.25, 0.3) is 5.91 Å². The number of pyridine rings is 1. The molecule has 2 aromatic heterocycles. The summed E-state index contributed by atoms with van der Waals surface area (Å²) in [6.07, 6.45) is 1.68. The fourth-order valence-electron chi connectivity index (χ4n) is 4.43. The Balaban J connectivity index is 1.30. The molecule has 0 saturated carbocycles. The summed E-state index contributed by atoms with van der Waals surface area (Å²) in [5, 5.41) is 6.05. The van der Waals surface area contributed by atoms with Gasteiger partial charge in [0, 0.05) is 29.6 Å². The number of hydrazone groups is 1. The van der Waals surface area contributed by atoms with E-state index < -0.39 is 0 Å². The van der Waals surface area contributed by atoms with Crippen molar-refractivity contribution in [3.05, 3.63) is 101 Å². The van der Waals surface area contributed by atoms with E-state index in [0.29, 0.717) is 18.8 Å². The lowest BCUT2D eigenvalue weighted by Crippen LogP contribution is -2.36. The number of hydrogen-bond donors (Lipinski definition) is 1. The van der Waals surface area contributed by atoms with Crippen LogP contribution in [-0.2, 0) is 4.74 Å². The normalized spacial score (nSPS) is 13.7. The highest BCUT2D eigenvalue weighted by molar-refractivity contribution is 7.17. The lowest BCUT2D eigenvalue weighted by Gasteiger charge is -2.26. The number of morpholine rings is 1. The summed E-state index contributed by atoms with van der Waals surface area (Å²) in [5.41, 5.74) is 7.54. The summed E-state index contributed by atoms with van der Waals surface area (Å²) in [4.78, 5) is 26.2. The molecule has 1 fully saturated rings. The summed E-state index contributed by atoms with van der Waals surface area (Å²) in [6.45, 7) is 2.97. The number of para-hydroxylation sites is 1. The predicted octanol–water partition coefficient (Wildman–Crippen LogP) is 5.63. The number of carbonyl (C=O) groups excluding carboxylic acids is 1. The lowest BCUT2D eigenvalue weighted by atomic mass is 10.0. The van der Waals surface area contributed by atoms with Crippen molar-refractivity contribution in [3.8, 4) is 22.5 Å². The first kappa shape index (κ1) is 24.0. The van der Waals surface area contributed by atoms with Gasteiger partial charge in [0.15, 0.2) is 5.13 Å². The second kappa shape index (κ2) is 10.9. The maximum absolute atomic E-state index is 13.4. The van der Waals surface area contributed by atoms with E-state index in [1.54, 1.807) is 17.6 Å². The predicted molar refractivity (Wildman–Crippen MR) is 153 cm³/mol. The Morgan fingerprint density at radius 1 is 0.895 bits per heavy atom. The second-order valence-electron chi connectivity index (χ2n) is 8.81. The molecule has 0 unspecified atom stereocenters. The van der Waals surface area contributed by atoms with Gasteiger partial charge >= 0.3 is 0 Å². The fraction of sp³-hybridized carbons (Fsp3) is 0.133. The van der Waals surface area contributed by atoms with Crippen LogP contribution in [0.1, 0.15) is 15.2 Å². The van der Waals surface area contributed by atoms with E-state index in [4.69, 9.17) is 14.7 Å². The molecule has 0 atom stereocenters. The number of benzene rings is 3. The maximum Gasteiger partial charge on any atom is 0.272 e.